The van der Waals surface area contributed by atoms with Gasteiger partial charge in [-0.15, -0.1) is 0 Å². The zero-order chi connectivity index (χ0) is 5.11. The van der Waals surface area contributed by atoms with Gasteiger partial charge in [-0.05, 0) is 12.2 Å². The van der Waals surface area contributed by atoms with Crippen molar-refractivity contribution >= 4 is 11.1 Å². The van der Waals surface area contributed by atoms with Crippen molar-refractivity contribution in [3.8, 4) is 0 Å². The first-order chi connectivity index (χ1) is 3.39. The molecule has 7 heavy (non-hydrogen) atoms. The molecule has 0 saturated heterocycles. The van der Waals surface area contributed by atoms with Crippen molar-refractivity contribution in [1.29, 1.82) is 0 Å². The number of rotatable bonds is 0. The molecule has 38 valence electrons. The molecule has 0 aromatic heterocycles. The van der Waals surface area contributed by atoms with E-state index in [-0.39, 0.29) is 0 Å². The zero-order valence-electron chi connectivity index (χ0n) is 3.53. The van der Waals surface area contributed by atoms with Gasteiger partial charge >= 0.3 is 0 Å². The van der Waals surface area contributed by atoms with Gasteiger partial charge in [-0.3, -0.25) is 0 Å². The Kier molecular flexibility index (Phi) is 1.26. The summed E-state index contributed by atoms with van der Waals surface area (Å²) in [6.07, 6.45) is 4.76. The van der Waals surface area contributed by atoms with Crippen molar-refractivity contribution in [1.82, 2.24) is 0 Å². The van der Waals surface area contributed by atoms with Gasteiger partial charge in [0.25, 0.3) is 0 Å². The summed E-state index contributed by atoms with van der Waals surface area (Å²) in [6, 6.07) is 0. The van der Waals surface area contributed by atoms with E-state index < -0.39 is 11.1 Å². The van der Waals surface area contributed by atoms with Crippen molar-refractivity contribution < 1.29 is 8.39 Å². The molecule has 0 aliphatic carbocycles. The second kappa shape index (κ2) is 1.93. The maximum Gasteiger partial charge on any atom is 0.232 e. The summed E-state index contributed by atoms with van der Waals surface area (Å²) in [5.41, 5.74) is 0. The number of hydrogen-bond donors (Lipinski definition) is 0. The molecule has 1 aliphatic rings. The van der Waals surface area contributed by atoms with Crippen LogP contribution in [0.1, 0.15) is 0 Å². The highest BCUT2D eigenvalue weighted by atomic mass is 32.2. The lowest BCUT2D eigenvalue weighted by Gasteiger charge is -1.93. The average molecular weight is 116 g/mol. The monoisotopic (exact) mass is 116 g/mol. The molecule has 0 N–H and O–H groups in total. The third kappa shape index (κ3) is 1.16. The van der Waals surface area contributed by atoms with E-state index in [4.69, 9.17) is 0 Å². The van der Waals surface area contributed by atoms with Gasteiger partial charge in [0.05, 0.1) is 0 Å². The molecule has 1 unspecified atom stereocenters. The maximum atomic E-state index is 10.2. The molecule has 0 radical (unpaired) electrons. The minimum atomic E-state index is -1.21. The Labute approximate surface area is 44.1 Å². The SMILES string of the molecule is O=S1C=CC=CO1. The Morgan fingerprint density at radius 1 is 1.43 bits per heavy atom. The molecule has 0 saturated carbocycles. The summed E-state index contributed by atoms with van der Waals surface area (Å²) in [5.74, 6) is 0. The van der Waals surface area contributed by atoms with Gasteiger partial charge in [-0.1, -0.05) is 0 Å². The van der Waals surface area contributed by atoms with Crippen LogP contribution in [0.5, 0.6) is 0 Å². The molecule has 0 amide bonds. The Bertz CT molecular complexity index is 137. The van der Waals surface area contributed by atoms with Crippen LogP contribution >= 0.6 is 0 Å². The lowest BCUT2D eigenvalue weighted by atomic mass is 10.6. The van der Waals surface area contributed by atoms with Crippen LogP contribution in [0.25, 0.3) is 0 Å². The smallest absolute Gasteiger partial charge is 0.232 e. The minimum absolute atomic E-state index is 1.21. The van der Waals surface area contributed by atoms with E-state index >= 15 is 0 Å². The quantitative estimate of drug-likeness (QED) is 0.466. The van der Waals surface area contributed by atoms with E-state index in [2.05, 4.69) is 4.18 Å². The Morgan fingerprint density at radius 2 is 2.29 bits per heavy atom. The first kappa shape index (κ1) is 4.59. The molecular weight excluding hydrogens is 112 g/mol. The van der Waals surface area contributed by atoms with Gasteiger partial charge < -0.3 is 4.18 Å². The third-order valence-electron chi connectivity index (χ3n) is 0.530. The molecule has 0 bridgehead atoms. The lowest BCUT2D eigenvalue weighted by Crippen LogP contribution is -1.86. The lowest BCUT2D eigenvalue weighted by molar-refractivity contribution is 0.511. The molecular formula is C4H4O2S. The molecule has 0 aromatic carbocycles. The second-order valence-corrected chi connectivity index (χ2v) is 2.00. The summed E-state index contributed by atoms with van der Waals surface area (Å²) >= 11 is -1.21. The Morgan fingerprint density at radius 3 is 2.57 bits per heavy atom. The summed E-state index contributed by atoms with van der Waals surface area (Å²) < 4.78 is 14.7. The number of allylic oxidation sites excluding steroid dienone is 2. The molecule has 0 fully saturated rings. The van der Waals surface area contributed by atoms with Crippen molar-refractivity contribution in [3.63, 3.8) is 0 Å². The van der Waals surface area contributed by atoms with Crippen LogP contribution in [0.15, 0.2) is 23.8 Å². The topological polar surface area (TPSA) is 26.3 Å². The van der Waals surface area contributed by atoms with E-state index in [1.165, 1.54) is 11.7 Å². The fraction of sp³-hybridized carbons (Fsp3) is 0. The van der Waals surface area contributed by atoms with E-state index in [9.17, 15) is 4.21 Å². The van der Waals surface area contributed by atoms with Gasteiger partial charge in [0, 0.05) is 5.41 Å². The van der Waals surface area contributed by atoms with Crippen molar-refractivity contribution in [2.75, 3.05) is 0 Å². The minimum Gasteiger partial charge on any atom is -0.405 e. The average Bonchev–Trinajstić information content (AvgIpc) is 1.69. The summed E-state index contributed by atoms with van der Waals surface area (Å²) in [4.78, 5) is 0. The van der Waals surface area contributed by atoms with Gasteiger partial charge in [0.2, 0.25) is 11.1 Å². The van der Waals surface area contributed by atoms with Crippen LogP contribution in [0.3, 0.4) is 0 Å². The van der Waals surface area contributed by atoms with Crippen molar-refractivity contribution in [2.45, 2.75) is 0 Å². The van der Waals surface area contributed by atoms with Crippen molar-refractivity contribution in [2.24, 2.45) is 0 Å². The third-order valence-corrected chi connectivity index (χ3v) is 1.21. The number of hydrogen-bond acceptors (Lipinski definition) is 2. The summed E-state index contributed by atoms with van der Waals surface area (Å²) in [5, 5.41) is 1.47. The Balaban J connectivity index is 2.66. The van der Waals surface area contributed by atoms with Crippen LogP contribution < -0.4 is 0 Å². The van der Waals surface area contributed by atoms with Crippen molar-refractivity contribution in [3.05, 3.63) is 23.8 Å². The molecule has 1 heterocycles. The highest BCUT2D eigenvalue weighted by Crippen LogP contribution is 1.95. The van der Waals surface area contributed by atoms with E-state index in [1.807, 2.05) is 0 Å². The highest BCUT2D eigenvalue weighted by molar-refractivity contribution is 7.83. The molecule has 0 spiro atoms. The van der Waals surface area contributed by atoms with Gasteiger partial charge in [-0.25, -0.2) is 4.21 Å². The molecule has 0 aromatic rings. The fourth-order valence-corrected chi connectivity index (χ4v) is 0.731. The first-order valence-electron chi connectivity index (χ1n) is 1.80. The molecule has 1 aliphatic heterocycles. The second-order valence-electron chi connectivity index (χ2n) is 1.01. The standard InChI is InChI=1S/C4H4O2S/c5-7-4-2-1-3-6-7/h1-4H. The maximum absolute atomic E-state index is 10.2. The molecule has 2 nitrogen and oxygen atoms in total. The van der Waals surface area contributed by atoms with Gasteiger partial charge in [0.1, 0.15) is 6.26 Å². The van der Waals surface area contributed by atoms with Crippen LogP contribution in [0.2, 0.25) is 0 Å². The van der Waals surface area contributed by atoms with Crippen LogP contribution in [0.4, 0.5) is 0 Å². The molecule has 3 heteroatoms. The predicted molar refractivity (Wildman–Crippen MR) is 27.5 cm³/mol. The van der Waals surface area contributed by atoms with Gasteiger partial charge in [-0.2, -0.15) is 0 Å². The highest BCUT2D eigenvalue weighted by Gasteiger charge is 1.90. The van der Waals surface area contributed by atoms with Gasteiger partial charge in [0.15, 0.2) is 0 Å². The van der Waals surface area contributed by atoms with E-state index in [0.717, 1.165) is 0 Å². The zero-order valence-corrected chi connectivity index (χ0v) is 4.35. The largest absolute Gasteiger partial charge is 0.405 e. The predicted octanol–water partition coefficient (Wildman–Crippen LogP) is 0.708. The fourth-order valence-electron chi connectivity index (χ4n) is 0.274. The summed E-state index contributed by atoms with van der Waals surface area (Å²) in [6.45, 7) is 0. The van der Waals surface area contributed by atoms with E-state index in [0.29, 0.717) is 0 Å². The van der Waals surface area contributed by atoms with E-state index in [1.54, 1.807) is 12.2 Å². The molecule has 1 atom stereocenters. The molecule has 1 rings (SSSR count). The normalized spacial score (nSPS) is 27.1. The van der Waals surface area contributed by atoms with Crippen LogP contribution in [0, 0.1) is 0 Å². The summed E-state index contributed by atoms with van der Waals surface area (Å²) in [7, 11) is 0. The van der Waals surface area contributed by atoms with Crippen LogP contribution in [-0.2, 0) is 15.3 Å². The Hall–Kier alpha value is -0.570. The first-order valence-corrected chi connectivity index (χ1v) is 2.94. The van der Waals surface area contributed by atoms with Crippen LogP contribution in [-0.4, -0.2) is 4.21 Å².